The third kappa shape index (κ3) is 2.30. The molecule has 0 radical (unpaired) electrons. The molecule has 2 N–H and O–H groups in total. The highest BCUT2D eigenvalue weighted by Gasteiger charge is 2.40. The molecular formula is C15H20N2O2S. The Labute approximate surface area is 123 Å². The minimum Gasteiger partial charge on any atom is -0.372 e. The summed E-state index contributed by atoms with van der Waals surface area (Å²) >= 11 is 1.37. The molecule has 2 atom stereocenters. The van der Waals surface area contributed by atoms with Gasteiger partial charge in [-0.25, -0.2) is 0 Å². The molecule has 3 aliphatic rings. The number of hydrogen-bond donors (Lipinski definition) is 2. The second-order valence-corrected chi connectivity index (χ2v) is 6.61. The molecule has 3 aliphatic heterocycles. The number of nitrogens with one attached hydrogen (secondary N) is 1. The Morgan fingerprint density at radius 1 is 1.55 bits per heavy atom. The summed E-state index contributed by atoms with van der Waals surface area (Å²) in [5.41, 5.74) is -1.61. The number of rotatable bonds is 4. The summed E-state index contributed by atoms with van der Waals surface area (Å²) in [6.45, 7) is 6.80. The zero-order valence-corrected chi connectivity index (χ0v) is 12.2. The van der Waals surface area contributed by atoms with Crippen molar-refractivity contribution in [1.82, 2.24) is 10.2 Å². The molecule has 1 aromatic rings. The van der Waals surface area contributed by atoms with Crippen molar-refractivity contribution in [3.8, 4) is 0 Å². The van der Waals surface area contributed by atoms with Gasteiger partial charge < -0.3 is 15.3 Å². The van der Waals surface area contributed by atoms with Crippen molar-refractivity contribution in [1.29, 1.82) is 0 Å². The normalized spacial score (nSPS) is 31.6. The first kappa shape index (κ1) is 13.8. The highest BCUT2D eigenvalue weighted by Crippen LogP contribution is 2.30. The fourth-order valence-corrected chi connectivity index (χ4v) is 4.02. The fraction of sp³-hybridized carbons (Fsp3) is 0.533. The minimum absolute atomic E-state index is 0.149. The van der Waals surface area contributed by atoms with Gasteiger partial charge in [0, 0.05) is 17.5 Å². The van der Waals surface area contributed by atoms with E-state index in [9.17, 15) is 9.90 Å². The zero-order chi connectivity index (χ0) is 14.2. The number of piperidine rings is 3. The SMILES string of the molecule is C=CC(O)(C(=O)N[C@H]1CN2CCC1CC2)c1cccs1. The van der Waals surface area contributed by atoms with Gasteiger partial charge in [0.25, 0.3) is 5.91 Å². The molecule has 1 aromatic heterocycles. The molecule has 1 amide bonds. The van der Waals surface area contributed by atoms with Crippen molar-refractivity contribution in [2.45, 2.75) is 24.5 Å². The molecule has 3 saturated heterocycles. The van der Waals surface area contributed by atoms with Crippen LogP contribution in [0.1, 0.15) is 17.7 Å². The Hall–Kier alpha value is -1.17. The monoisotopic (exact) mass is 292 g/mol. The van der Waals surface area contributed by atoms with Crippen LogP contribution in [0.15, 0.2) is 30.2 Å². The molecule has 0 spiro atoms. The zero-order valence-electron chi connectivity index (χ0n) is 11.4. The van der Waals surface area contributed by atoms with Gasteiger partial charge in [0.2, 0.25) is 0 Å². The van der Waals surface area contributed by atoms with Crippen LogP contribution in [0.25, 0.3) is 0 Å². The van der Waals surface area contributed by atoms with Gasteiger partial charge in [0.15, 0.2) is 5.60 Å². The Morgan fingerprint density at radius 3 is 2.80 bits per heavy atom. The molecule has 3 fully saturated rings. The molecule has 0 aliphatic carbocycles. The second kappa shape index (κ2) is 5.31. The van der Waals surface area contributed by atoms with E-state index in [4.69, 9.17) is 0 Å². The predicted molar refractivity (Wildman–Crippen MR) is 79.5 cm³/mol. The number of amides is 1. The maximum Gasteiger partial charge on any atom is 0.261 e. The van der Waals surface area contributed by atoms with Crippen LogP contribution in [0.3, 0.4) is 0 Å². The average Bonchev–Trinajstić information content (AvgIpc) is 3.02. The van der Waals surface area contributed by atoms with Crippen molar-refractivity contribution < 1.29 is 9.90 Å². The fourth-order valence-electron chi connectivity index (χ4n) is 3.21. The molecule has 108 valence electrons. The van der Waals surface area contributed by atoms with Gasteiger partial charge in [-0.05, 0) is 49.4 Å². The van der Waals surface area contributed by atoms with Crippen LogP contribution in [0, 0.1) is 5.92 Å². The topological polar surface area (TPSA) is 52.6 Å². The Morgan fingerprint density at radius 2 is 2.30 bits per heavy atom. The van der Waals surface area contributed by atoms with Gasteiger partial charge in [0.05, 0.1) is 0 Å². The van der Waals surface area contributed by atoms with E-state index >= 15 is 0 Å². The number of aliphatic hydroxyl groups is 1. The molecular weight excluding hydrogens is 272 g/mol. The quantitative estimate of drug-likeness (QED) is 0.823. The van der Waals surface area contributed by atoms with Crippen molar-refractivity contribution in [2.24, 2.45) is 5.92 Å². The van der Waals surface area contributed by atoms with E-state index in [1.165, 1.54) is 17.4 Å². The number of hydrogen-bond acceptors (Lipinski definition) is 4. The van der Waals surface area contributed by atoms with Crippen molar-refractivity contribution in [3.05, 3.63) is 35.0 Å². The van der Waals surface area contributed by atoms with Gasteiger partial charge in [-0.2, -0.15) is 0 Å². The minimum atomic E-state index is -1.61. The van der Waals surface area contributed by atoms with Crippen molar-refractivity contribution in [2.75, 3.05) is 19.6 Å². The molecule has 5 heteroatoms. The van der Waals surface area contributed by atoms with E-state index in [0.29, 0.717) is 10.8 Å². The van der Waals surface area contributed by atoms with E-state index in [0.717, 1.165) is 32.5 Å². The van der Waals surface area contributed by atoms with E-state index in [-0.39, 0.29) is 11.9 Å². The van der Waals surface area contributed by atoms with E-state index < -0.39 is 5.60 Å². The van der Waals surface area contributed by atoms with Gasteiger partial charge in [-0.1, -0.05) is 12.6 Å². The van der Waals surface area contributed by atoms with Crippen LogP contribution in [0.4, 0.5) is 0 Å². The van der Waals surface area contributed by atoms with Crippen LogP contribution in [-0.4, -0.2) is 41.6 Å². The van der Waals surface area contributed by atoms with E-state index in [1.807, 2.05) is 11.4 Å². The summed E-state index contributed by atoms with van der Waals surface area (Å²) in [4.78, 5) is 15.5. The lowest BCUT2D eigenvalue weighted by Gasteiger charge is -2.45. The molecule has 1 unspecified atom stereocenters. The number of carbonyl (C=O) groups is 1. The Kier molecular flexibility index (Phi) is 3.67. The smallest absolute Gasteiger partial charge is 0.261 e. The molecule has 0 aromatic carbocycles. The maximum atomic E-state index is 12.5. The highest BCUT2D eigenvalue weighted by atomic mass is 32.1. The summed E-state index contributed by atoms with van der Waals surface area (Å²) < 4.78 is 0. The van der Waals surface area contributed by atoms with Crippen LogP contribution in [0.2, 0.25) is 0 Å². The van der Waals surface area contributed by atoms with Crippen LogP contribution < -0.4 is 5.32 Å². The average molecular weight is 292 g/mol. The first-order valence-electron chi connectivity index (χ1n) is 7.07. The summed E-state index contributed by atoms with van der Waals surface area (Å²) in [7, 11) is 0. The predicted octanol–water partition coefficient (Wildman–Crippen LogP) is 1.33. The maximum absolute atomic E-state index is 12.5. The largest absolute Gasteiger partial charge is 0.372 e. The van der Waals surface area contributed by atoms with Crippen molar-refractivity contribution >= 4 is 17.2 Å². The first-order chi connectivity index (χ1) is 9.63. The van der Waals surface area contributed by atoms with Gasteiger partial charge in [-0.3, -0.25) is 4.79 Å². The summed E-state index contributed by atoms with van der Waals surface area (Å²) in [5, 5.41) is 15.5. The van der Waals surface area contributed by atoms with E-state index in [1.54, 1.807) is 6.07 Å². The van der Waals surface area contributed by atoms with Gasteiger partial charge in [0.1, 0.15) is 0 Å². The van der Waals surface area contributed by atoms with Crippen LogP contribution in [-0.2, 0) is 10.4 Å². The molecule has 4 heterocycles. The highest BCUT2D eigenvalue weighted by molar-refractivity contribution is 7.10. The van der Waals surface area contributed by atoms with Crippen LogP contribution in [0.5, 0.6) is 0 Å². The lowest BCUT2D eigenvalue weighted by Crippen LogP contribution is -2.59. The molecule has 4 rings (SSSR count). The first-order valence-corrected chi connectivity index (χ1v) is 7.94. The summed E-state index contributed by atoms with van der Waals surface area (Å²) in [6, 6.07) is 3.75. The second-order valence-electron chi connectivity index (χ2n) is 5.67. The molecule has 20 heavy (non-hydrogen) atoms. The summed E-state index contributed by atoms with van der Waals surface area (Å²) in [6.07, 6.45) is 3.60. The van der Waals surface area contributed by atoms with E-state index in [2.05, 4.69) is 16.8 Å². The Balaban J connectivity index is 1.73. The molecule has 4 nitrogen and oxygen atoms in total. The molecule has 2 bridgehead atoms. The standard InChI is InChI=1S/C15H20N2O2S/c1-2-15(19,13-4-3-9-20-13)14(18)16-12-10-17-7-5-11(12)6-8-17/h2-4,9,11-12,19H,1,5-8,10H2,(H,16,18)/t12-,15?/m0/s1. The number of carbonyl (C=O) groups excluding carboxylic acids is 1. The van der Waals surface area contributed by atoms with Crippen LogP contribution >= 0.6 is 11.3 Å². The Bertz CT molecular complexity index is 494. The van der Waals surface area contributed by atoms with Gasteiger partial charge >= 0.3 is 0 Å². The summed E-state index contributed by atoms with van der Waals surface area (Å²) in [5.74, 6) is 0.190. The lowest BCUT2D eigenvalue weighted by atomic mass is 9.83. The number of thiophene rings is 1. The molecule has 0 saturated carbocycles. The third-order valence-corrected chi connectivity index (χ3v) is 5.51. The van der Waals surface area contributed by atoms with Crippen molar-refractivity contribution in [3.63, 3.8) is 0 Å². The number of nitrogens with zero attached hydrogens (tertiary/aromatic N) is 1. The lowest BCUT2D eigenvalue weighted by molar-refractivity contribution is -0.138. The van der Waals surface area contributed by atoms with Gasteiger partial charge in [-0.15, -0.1) is 11.3 Å². The third-order valence-electron chi connectivity index (χ3n) is 4.51. The number of fused-ring (bicyclic) bond motifs is 3.